The molecule has 0 aliphatic heterocycles. The van der Waals surface area contributed by atoms with Crippen molar-refractivity contribution >= 4 is 17.5 Å². The third-order valence-electron chi connectivity index (χ3n) is 2.29. The van der Waals surface area contributed by atoms with Crippen LogP contribution in [-0.2, 0) is 0 Å². The van der Waals surface area contributed by atoms with E-state index in [0.29, 0.717) is 29.5 Å². The number of amides is 1. The molecular weight excluding hydrogens is 254 g/mol. The summed E-state index contributed by atoms with van der Waals surface area (Å²) in [5.74, 6) is 1.36. The molecule has 0 heterocycles. The van der Waals surface area contributed by atoms with Gasteiger partial charge in [-0.2, -0.15) is 0 Å². The Balaban J connectivity index is 2.75. The molecule has 0 fully saturated rings. The van der Waals surface area contributed by atoms with Gasteiger partial charge in [0.05, 0.1) is 19.8 Å². The van der Waals surface area contributed by atoms with Gasteiger partial charge in [0.15, 0.2) is 0 Å². The maximum absolute atomic E-state index is 11.9. The second kappa shape index (κ2) is 7.61. The molecule has 1 amide bonds. The standard InChI is InChI=1S/C13H16ClNO3/c1-17-10-5-6-11(12(9-10)18-2)13(16)15-8-4-3-7-14/h3-6,9H,7-8H2,1-2H3,(H,15,16)/b4-3+. The molecule has 5 heteroatoms. The van der Waals surface area contributed by atoms with Crippen LogP contribution >= 0.6 is 11.6 Å². The third kappa shape index (κ3) is 3.96. The normalized spacial score (nSPS) is 10.4. The van der Waals surface area contributed by atoms with Crippen LogP contribution in [0.1, 0.15) is 10.4 Å². The molecule has 0 radical (unpaired) electrons. The van der Waals surface area contributed by atoms with E-state index in [2.05, 4.69) is 5.32 Å². The highest BCUT2D eigenvalue weighted by atomic mass is 35.5. The van der Waals surface area contributed by atoms with Crippen LogP contribution in [0.5, 0.6) is 11.5 Å². The van der Waals surface area contributed by atoms with Gasteiger partial charge >= 0.3 is 0 Å². The number of allylic oxidation sites excluding steroid dienone is 1. The Bertz CT molecular complexity index is 432. The Morgan fingerprint density at radius 3 is 2.72 bits per heavy atom. The first-order chi connectivity index (χ1) is 8.72. The Labute approximate surface area is 112 Å². The third-order valence-corrected chi connectivity index (χ3v) is 2.47. The average Bonchev–Trinajstić information content (AvgIpc) is 2.42. The number of ether oxygens (including phenoxy) is 2. The number of alkyl halides is 1. The summed E-state index contributed by atoms with van der Waals surface area (Å²) in [6.07, 6.45) is 3.56. The molecule has 0 unspecified atom stereocenters. The Morgan fingerprint density at radius 2 is 2.11 bits per heavy atom. The summed E-state index contributed by atoms with van der Waals surface area (Å²) in [6, 6.07) is 5.05. The van der Waals surface area contributed by atoms with Gasteiger partial charge in [0.2, 0.25) is 0 Å². The van der Waals surface area contributed by atoms with Crippen molar-refractivity contribution in [2.45, 2.75) is 0 Å². The highest BCUT2D eigenvalue weighted by molar-refractivity contribution is 6.18. The molecule has 1 aromatic carbocycles. The maximum Gasteiger partial charge on any atom is 0.255 e. The van der Waals surface area contributed by atoms with E-state index in [0.717, 1.165) is 0 Å². The molecular formula is C13H16ClNO3. The SMILES string of the molecule is COc1ccc(C(=O)NC/C=C/CCl)c(OC)c1. The number of nitrogens with one attached hydrogen (secondary N) is 1. The van der Waals surface area contributed by atoms with Gasteiger partial charge in [-0.1, -0.05) is 12.2 Å². The molecule has 0 saturated heterocycles. The van der Waals surface area contributed by atoms with Gasteiger partial charge in [-0.25, -0.2) is 0 Å². The number of carbonyl (C=O) groups is 1. The lowest BCUT2D eigenvalue weighted by atomic mass is 10.1. The van der Waals surface area contributed by atoms with Gasteiger partial charge < -0.3 is 14.8 Å². The van der Waals surface area contributed by atoms with E-state index in [1.807, 2.05) is 0 Å². The Hall–Kier alpha value is -1.68. The molecule has 0 bridgehead atoms. The lowest BCUT2D eigenvalue weighted by Crippen LogP contribution is -2.23. The zero-order valence-corrected chi connectivity index (χ0v) is 11.2. The minimum Gasteiger partial charge on any atom is -0.497 e. The largest absolute Gasteiger partial charge is 0.497 e. The lowest BCUT2D eigenvalue weighted by molar-refractivity contribution is 0.0955. The maximum atomic E-state index is 11.9. The first kappa shape index (κ1) is 14.4. The van der Waals surface area contributed by atoms with E-state index in [9.17, 15) is 4.79 Å². The van der Waals surface area contributed by atoms with Crippen molar-refractivity contribution in [3.63, 3.8) is 0 Å². The van der Waals surface area contributed by atoms with Crippen molar-refractivity contribution < 1.29 is 14.3 Å². The molecule has 0 saturated carbocycles. The summed E-state index contributed by atoms with van der Waals surface area (Å²) in [7, 11) is 3.07. The zero-order chi connectivity index (χ0) is 13.4. The fraction of sp³-hybridized carbons (Fsp3) is 0.308. The first-order valence-corrected chi connectivity index (χ1v) is 5.97. The van der Waals surface area contributed by atoms with E-state index in [1.165, 1.54) is 7.11 Å². The number of benzene rings is 1. The average molecular weight is 270 g/mol. The summed E-state index contributed by atoms with van der Waals surface area (Å²) < 4.78 is 10.2. The van der Waals surface area contributed by atoms with E-state index in [1.54, 1.807) is 37.5 Å². The van der Waals surface area contributed by atoms with Gasteiger partial charge in [-0.15, -0.1) is 11.6 Å². The van der Waals surface area contributed by atoms with Crippen LogP contribution in [0.2, 0.25) is 0 Å². The minimum absolute atomic E-state index is 0.200. The van der Waals surface area contributed by atoms with Gasteiger partial charge in [0, 0.05) is 18.5 Å². The topological polar surface area (TPSA) is 47.6 Å². The van der Waals surface area contributed by atoms with Crippen molar-refractivity contribution in [1.82, 2.24) is 5.32 Å². The van der Waals surface area contributed by atoms with Crippen LogP contribution in [0.4, 0.5) is 0 Å². The van der Waals surface area contributed by atoms with Crippen molar-refractivity contribution in [3.05, 3.63) is 35.9 Å². The summed E-state index contributed by atoms with van der Waals surface area (Å²) in [4.78, 5) is 11.9. The number of carbonyl (C=O) groups excluding carboxylic acids is 1. The van der Waals surface area contributed by atoms with Crippen LogP contribution in [-0.4, -0.2) is 32.6 Å². The van der Waals surface area contributed by atoms with Crippen LogP contribution in [0.25, 0.3) is 0 Å². The molecule has 18 heavy (non-hydrogen) atoms. The molecule has 1 rings (SSSR count). The van der Waals surface area contributed by atoms with Crippen molar-refractivity contribution in [2.75, 3.05) is 26.6 Å². The van der Waals surface area contributed by atoms with Gasteiger partial charge in [-0.3, -0.25) is 4.79 Å². The van der Waals surface area contributed by atoms with E-state index >= 15 is 0 Å². The first-order valence-electron chi connectivity index (χ1n) is 5.44. The molecule has 98 valence electrons. The summed E-state index contributed by atoms with van der Waals surface area (Å²) in [6.45, 7) is 0.431. The minimum atomic E-state index is -0.200. The van der Waals surface area contributed by atoms with E-state index in [-0.39, 0.29) is 5.91 Å². The van der Waals surface area contributed by atoms with Crippen molar-refractivity contribution in [2.24, 2.45) is 0 Å². The number of methoxy groups -OCH3 is 2. The zero-order valence-electron chi connectivity index (χ0n) is 10.4. The highest BCUT2D eigenvalue weighted by Gasteiger charge is 2.12. The summed E-state index contributed by atoms with van der Waals surface area (Å²) in [5, 5.41) is 2.74. The predicted octanol–water partition coefficient (Wildman–Crippen LogP) is 2.23. The van der Waals surface area contributed by atoms with Gasteiger partial charge in [0.1, 0.15) is 11.5 Å². The van der Waals surface area contributed by atoms with Gasteiger partial charge in [0.25, 0.3) is 5.91 Å². The van der Waals surface area contributed by atoms with Crippen molar-refractivity contribution in [3.8, 4) is 11.5 Å². The molecule has 1 aromatic rings. The number of hydrogen-bond donors (Lipinski definition) is 1. The molecule has 1 N–H and O–H groups in total. The Morgan fingerprint density at radius 1 is 1.33 bits per heavy atom. The molecule has 0 aromatic heterocycles. The monoisotopic (exact) mass is 269 g/mol. The second-order valence-corrected chi connectivity index (χ2v) is 3.71. The fourth-order valence-electron chi connectivity index (χ4n) is 1.38. The molecule has 0 atom stereocenters. The van der Waals surface area contributed by atoms with E-state index < -0.39 is 0 Å². The second-order valence-electron chi connectivity index (χ2n) is 3.40. The predicted molar refractivity (Wildman–Crippen MR) is 71.7 cm³/mol. The van der Waals surface area contributed by atoms with Crippen LogP contribution in [0.3, 0.4) is 0 Å². The molecule has 0 spiro atoms. The lowest BCUT2D eigenvalue weighted by Gasteiger charge is -2.09. The van der Waals surface area contributed by atoms with Crippen molar-refractivity contribution in [1.29, 1.82) is 0 Å². The summed E-state index contributed by atoms with van der Waals surface area (Å²) in [5.41, 5.74) is 0.470. The smallest absolute Gasteiger partial charge is 0.255 e. The molecule has 0 aliphatic carbocycles. The molecule has 4 nitrogen and oxygen atoms in total. The number of halogens is 1. The van der Waals surface area contributed by atoms with Crippen LogP contribution in [0.15, 0.2) is 30.4 Å². The van der Waals surface area contributed by atoms with Crippen LogP contribution in [0, 0.1) is 0 Å². The number of rotatable bonds is 6. The quantitative estimate of drug-likeness (QED) is 0.636. The highest BCUT2D eigenvalue weighted by Crippen LogP contribution is 2.24. The van der Waals surface area contributed by atoms with E-state index in [4.69, 9.17) is 21.1 Å². The molecule has 0 aliphatic rings. The number of hydrogen-bond acceptors (Lipinski definition) is 3. The van der Waals surface area contributed by atoms with Gasteiger partial charge in [-0.05, 0) is 12.1 Å². The fourth-order valence-corrected chi connectivity index (χ4v) is 1.51. The summed E-state index contributed by atoms with van der Waals surface area (Å²) >= 11 is 5.48. The Kier molecular flexibility index (Phi) is 6.08. The van der Waals surface area contributed by atoms with Crippen LogP contribution < -0.4 is 14.8 Å².